The number of hydrogen-bond donors (Lipinski definition) is 3. The maximum absolute atomic E-state index is 12.2. The summed E-state index contributed by atoms with van der Waals surface area (Å²) < 4.78 is 0. The molecule has 0 radical (unpaired) electrons. The molecule has 1 amide bonds. The minimum absolute atomic E-state index is 0.0888. The smallest absolute Gasteiger partial charge is 0.220 e. The summed E-state index contributed by atoms with van der Waals surface area (Å²) in [7, 11) is 0. The van der Waals surface area contributed by atoms with Gasteiger partial charge < -0.3 is 15.5 Å². The van der Waals surface area contributed by atoms with Crippen LogP contribution in [0.5, 0.6) is 0 Å². The largest absolute Gasteiger partial charge is 0.394 e. The van der Waals surface area contributed by atoms with Gasteiger partial charge in [-0.25, -0.2) is 0 Å². The Bertz CT molecular complexity index is 623. The number of amides is 1. The molecule has 0 aliphatic rings. The van der Waals surface area contributed by atoms with Crippen LogP contribution in [0.4, 0.5) is 0 Å². The SMILES string of the molecule is CCCCC/C=C\C/C=C\CCCCCCCCCC(=O)NC(CO)C(O)/C=C/CC/C=C/CCCCC. The Balaban J connectivity index is 3.70. The van der Waals surface area contributed by atoms with Gasteiger partial charge in [-0.05, 0) is 64.2 Å². The normalized spacial score (nSPS) is 13.9. The zero-order valence-electron chi connectivity index (χ0n) is 24.9. The minimum Gasteiger partial charge on any atom is -0.394 e. The van der Waals surface area contributed by atoms with Crippen LogP contribution in [0.2, 0.25) is 0 Å². The van der Waals surface area contributed by atoms with E-state index in [0.29, 0.717) is 6.42 Å². The van der Waals surface area contributed by atoms with Crippen LogP contribution in [0, 0.1) is 0 Å². The summed E-state index contributed by atoms with van der Waals surface area (Å²) in [5.74, 6) is -0.0888. The van der Waals surface area contributed by atoms with E-state index >= 15 is 0 Å². The fraction of sp³-hybridized carbons (Fsp3) is 0.735. The Morgan fingerprint density at radius 3 is 1.68 bits per heavy atom. The number of aliphatic hydroxyl groups excluding tert-OH is 2. The first-order valence-corrected chi connectivity index (χ1v) is 15.9. The van der Waals surface area contributed by atoms with Gasteiger partial charge in [0, 0.05) is 6.42 Å². The van der Waals surface area contributed by atoms with Gasteiger partial charge in [0.05, 0.1) is 18.8 Å². The van der Waals surface area contributed by atoms with Crippen LogP contribution in [-0.4, -0.2) is 34.9 Å². The lowest BCUT2D eigenvalue weighted by Crippen LogP contribution is -2.45. The number of allylic oxidation sites excluding steroid dienone is 7. The van der Waals surface area contributed by atoms with Gasteiger partial charge in [0.25, 0.3) is 0 Å². The predicted molar refractivity (Wildman–Crippen MR) is 165 cm³/mol. The highest BCUT2D eigenvalue weighted by Gasteiger charge is 2.17. The molecule has 38 heavy (non-hydrogen) atoms. The molecule has 4 heteroatoms. The fourth-order valence-corrected chi connectivity index (χ4v) is 4.28. The first-order chi connectivity index (χ1) is 18.7. The summed E-state index contributed by atoms with van der Waals surface area (Å²) >= 11 is 0. The number of unbranched alkanes of at least 4 members (excludes halogenated alkanes) is 14. The molecule has 3 N–H and O–H groups in total. The van der Waals surface area contributed by atoms with E-state index in [2.05, 4.69) is 55.6 Å². The van der Waals surface area contributed by atoms with Gasteiger partial charge in [-0.15, -0.1) is 0 Å². The molecular weight excluding hydrogens is 470 g/mol. The van der Waals surface area contributed by atoms with Crippen molar-refractivity contribution in [1.82, 2.24) is 5.32 Å². The molecule has 0 aliphatic heterocycles. The Morgan fingerprint density at radius 2 is 1.11 bits per heavy atom. The third-order valence-electron chi connectivity index (χ3n) is 6.78. The molecule has 0 aromatic carbocycles. The molecule has 0 rings (SSSR count). The molecule has 0 aromatic heterocycles. The molecule has 0 aliphatic carbocycles. The summed E-state index contributed by atoms with van der Waals surface area (Å²) in [4.78, 5) is 12.2. The van der Waals surface area contributed by atoms with E-state index in [4.69, 9.17) is 0 Å². The molecule has 0 aromatic rings. The maximum Gasteiger partial charge on any atom is 0.220 e. The van der Waals surface area contributed by atoms with Crippen molar-refractivity contribution in [3.63, 3.8) is 0 Å². The van der Waals surface area contributed by atoms with E-state index in [0.717, 1.165) is 44.9 Å². The molecule has 0 fully saturated rings. The highest BCUT2D eigenvalue weighted by molar-refractivity contribution is 5.76. The zero-order chi connectivity index (χ0) is 27.9. The number of aliphatic hydroxyl groups is 2. The van der Waals surface area contributed by atoms with Crippen LogP contribution in [0.3, 0.4) is 0 Å². The molecule has 0 bridgehead atoms. The maximum atomic E-state index is 12.2. The van der Waals surface area contributed by atoms with Gasteiger partial charge in [-0.2, -0.15) is 0 Å². The first kappa shape index (κ1) is 36.4. The van der Waals surface area contributed by atoms with Crippen molar-refractivity contribution in [2.45, 2.75) is 154 Å². The van der Waals surface area contributed by atoms with Crippen molar-refractivity contribution in [1.29, 1.82) is 0 Å². The highest BCUT2D eigenvalue weighted by atomic mass is 16.3. The van der Waals surface area contributed by atoms with E-state index in [-0.39, 0.29) is 12.5 Å². The fourth-order valence-electron chi connectivity index (χ4n) is 4.28. The lowest BCUT2D eigenvalue weighted by Gasteiger charge is -2.19. The van der Waals surface area contributed by atoms with Crippen molar-refractivity contribution in [3.8, 4) is 0 Å². The van der Waals surface area contributed by atoms with Gasteiger partial charge in [0.1, 0.15) is 0 Å². The standard InChI is InChI=1S/C34H61NO3/c1-3-5-7-9-11-13-14-15-16-17-18-19-20-22-24-26-28-30-34(38)35-32(31-36)33(37)29-27-25-23-21-12-10-8-6-4-2/h11-13,15-16,21,27,29,32-33,36-37H,3-10,14,17-20,22-26,28,30-31H2,1-2H3,(H,35,38)/b13-11-,16-15-,21-12+,29-27+. The third kappa shape index (κ3) is 26.0. The Morgan fingerprint density at radius 1 is 0.632 bits per heavy atom. The van der Waals surface area contributed by atoms with Gasteiger partial charge >= 0.3 is 0 Å². The number of nitrogens with one attached hydrogen (secondary N) is 1. The molecule has 220 valence electrons. The molecule has 0 saturated heterocycles. The topological polar surface area (TPSA) is 69.6 Å². The Labute approximate surface area is 235 Å². The van der Waals surface area contributed by atoms with Gasteiger partial charge in [-0.3, -0.25) is 4.79 Å². The number of carbonyl (C=O) groups is 1. The van der Waals surface area contributed by atoms with Crippen LogP contribution in [0.25, 0.3) is 0 Å². The first-order valence-electron chi connectivity index (χ1n) is 15.9. The molecule has 4 nitrogen and oxygen atoms in total. The summed E-state index contributed by atoms with van der Waals surface area (Å²) in [6.07, 6.45) is 39.0. The lowest BCUT2D eigenvalue weighted by molar-refractivity contribution is -0.123. The highest BCUT2D eigenvalue weighted by Crippen LogP contribution is 2.11. The number of carbonyl (C=O) groups excluding carboxylic acids is 1. The average Bonchev–Trinajstić information content (AvgIpc) is 2.92. The minimum atomic E-state index is -0.862. The van der Waals surface area contributed by atoms with Crippen molar-refractivity contribution in [2.24, 2.45) is 0 Å². The molecule has 0 heterocycles. The van der Waals surface area contributed by atoms with Crippen molar-refractivity contribution >= 4 is 5.91 Å². The van der Waals surface area contributed by atoms with Crippen LogP contribution in [0.15, 0.2) is 48.6 Å². The zero-order valence-corrected chi connectivity index (χ0v) is 24.9. The van der Waals surface area contributed by atoms with E-state index in [1.807, 2.05) is 6.08 Å². The second-order valence-corrected chi connectivity index (χ2v) is 10.5. The van der Waals surface area contributed by atoms with Crippen LogP contribution in [-0.2, 0) is 4.79 Å². The quantitative estimate of drug-likeness (QED) is 0.0732. The van der Waals surface area contributed by atoms with Crippen LogP contribution >= 0.6 is 0 Å². The second-order valence-electron chi connectivity index (χ2n) is 10.5. The molecule has 0 spiro atoms. The summed E-state index contributed by atoms with van der Waals surface area (Å²) in [5.41, 5.74) is 0. The Kier molecular flexibility index (Phi) is 28.6. The lowest BCUT2D eigenvalue weighted by atomic mass is 10.1. The van der Waals surface area contributed by atoms with Gasteiger partial charge in [0.2, 0.25) is 5.91 Å². The Hall–Kier alpha value is -1.65. The van der Waals surface area contributed by atoms with E-state index in [1.165, 1.54) is 77.0 Å². The van der Waals surface area contributed by atoms with Crippen LogP contribution < -0.4 is 5.32 Å². The third-order valence-corrected chi connectivity index (χ3v) is 6.78. The monoisotopic (exact) mass is 531 g/mol. The van der Waals surface area contributed by atoms with E-state index in [9.17, 15) is 15.0 Å². The van der Waals surface area contributed by atoms with Crippen molar-refractivity contribution < 1.29 is 15.0 Å². The van der Waals surface area contributed by atoms with Crippen molar-refractivity contribution in [3.05, 3.63) is 48.6 Å². The van der Waals surface area contributed by atoms with Gasteiger partial charge in [0.15, 0.2) is 0 Å². The molecule has 2 atom stereocenters. The van der Waals surface area contributed by atoms with E-state index in [1.54, 1.807) is 6.08 Å². The molecular formula is C34H61NO3. The summed E-state index contributed by atoms with van der Waals surface area (Å²) in [6, 6.07) is -0.640. The number of rotatable bonds is 27. The second kappa shape index (κ2) is 29.9. The molecule has 2 unspecified atom stereocenters. The number of hydrogen-bond acceptors (Lipinski definition) is 3. The summed E-state index contributed by atoms with van der Waals surface area (Å²) in [6.45, 7) is 4.19. The molecule has 0 saturated carbocycles. The van der Waals surface area contributed by atoms with Gasteiger partial charge in [-0.1, -0.05) is 120 Å². The predicted octanol–water partition coefficient (Wildman–Crippen LogP) is 8.89. The van der Waals surface area contributed by atoms with Crippen LogP contribution in [0.1, 0.15) is 142 Å². The van der Waals surface area contributed by atoms with Crippen molar-refractivity contribution in [2.75, 3.05) is 6.61 Å². The summed E-state index contributed by atoms with van der Waals surface area (Å²) in [5, 5.41) is 22.7. The van der Waals surface area contributed by atoms with E-state index < -0.39 is 12.1 Å². The average molecular weight is 532 g/mol.